The Kier molecular flexibility index (Phi) is 12.0. The first-order chi connectivity index (χ1) is 11.3. The summed E-state index contributed by atoms with van der Waals surface area (Å²) in [5.41, 5.74) is 0. The summed E-state index contributed by atoms with van der Waals surface area (Å²) in [6.45, 7) is 6.35. The highest BCUT2D eigenvalue weighted by Crippen LogP contribution is 2.20. The first kappa shape index (κ1) is 22.0. The highest BCUT2D eigenvalue weighted by Gasteiger charge is 2.22. The van der Waals surface area contributed by atoms with Gasteiger partial charge in [0.15, 0.2) is 5.96 Å². The molecule has 1 heterocycles. The van der Waals surface area contributed by atoms with E-state index in [1.807, 2.05) is 0 Å². The van der Waals surface area contributed by atoms with E-state index in [1.165, 1.54) is 38.5 Å². The van der Waals surface area contributed by atoms with E-state index in [-0.39, 0.29) is 30.1 Å². The minimum Gasteiger partial charge on any atom is -0.391 e. The number of halogens is 1. The molecule has 5 nitrogen and oxygen atoms in total. The van der Waals surface area contributed by atoms with Gasteiger partial charge in [0.2, 0.25) is 0 Å². The molecule has 1 aliphatic heterocycles. The Hall–Kier alpha value is -0.0800. The fourth-order valence-corrected chi connectivity index (χ4v) is 3.42. The number of hydrogen-bond acceptors (Lipinski definition) is 3. The number of aliphatic hydroxyl groups excluding tert-OH is 1. The van der Waals surface area contributed by atoms with Crippen molar-refractivity contribution in [1.29, 1.82) is 0 Å². The van der Waals surface area contributed by atoms with Gasteiger partial charge in [-0.05, 0) is 45.4 Å². The zero-order valence-electron chi connectivity index (χ0n) is 15.2. The van der Waals surface area contributed by atoms with E-state index in [0.717, 1.165) is 51.5 Å². The van der Waals surface area contributed by atoms with Crippen LogP contribution in [0.15, 0.2) is 4.99 Å². The van der Waals surface area contributed by atoms with Gasteiger partial charge >= 0.3 is 0 Å². The molecule has 1 saturated carbocycles. The molecule has 1 aliphatic carbocycles. The van der Waals surface area contributed by atoms with Gasteiger partial charge < -0.3 is 20.1 Å². The van der Waals surface area contributed by atoms with Crippen LogP contribution >= 0.6 is 24.0 Å². The Labute approximate surface area is 164 Å². The predicted octanol–water partition coefficient (Wildman–Crippen LogP) is 3.16. The lowest BCUT2D eigenvalue weighted by atomic mass is 9.98. The van der Waals surface area contributed by atoms with E-state index < -0.39 is 0 Å². The number of aliphatic imine (C=N–C) groups is 1. The van der Waals surface area contributed by atoms with Crippen LogP contribution in [-0.2, 0) is 4.74 Å². The monoisotopic (exact) mass is 453 g/mol. The molecule has 1 saturated heterocycles. The van der Waals surface area contributed by atoms with Crippen LogP contribution in [0.2, 0.25) is 0 Å². The van der Waals surface area contributed by atoms with Gasteiger partial charge in [-0.3, -0.25) is 4.99 Å². The second kappa shape index (κ2) is 13.2. The number of hydrogen-bond donors (Lipinski definition) is 2. The molecule has 142 valence electrons. The van der Waals surface area contributed by atoms with Crippen molar-refractivity contribution in [3.63, 3.8) is 0 Å². The molecule has 2 N–H and O–H groups in total. The van der Waals surface area contributed by atoms with Crippen LogP contribution in [0.1, 0.15) is 64.7 Å². The van der Waals surface area contributed by atoms with E-state index in [9.17, 15) is 5.11 Å². The van der Waals surface area contributed by atoms with Crippen LogP contribution in [0.4, 0.5) is 0 Å². The molecule has 0 radical (unpaired) electrons. The lowest BCUT2D eigenvalue weighted by molar-refractivity contribution is 0.0264. The molecule has 2 fully saturated rings. The number of aliphatic hydroxyl groups is 1. The average Bonchev–Trinajstić information content (AvgIpc) is 3.00. The van der Waals surface area contributed by atoms with E-state index in [0.29, 0.717) is 12.6 Å². The lowest BCUT2D eigenvalue weighted by Crippen LogP contribution is -2.40. The topological polar surface area (TPSA) is 57.1 Å². The molecule has 0 aromatic carbocycles. The zero-order chi connectivity index (χ0) is 16.3. The number of likely N-dealkylation sites (tertiary alicyclic amines) is 1. The molecular weight excluding hydrogens is 417 g/mol. The van der Waals surface area contributed by atoms with Crippen molar-refractivity contribution in [3.8, 4) is 0 Å². The molecule has 0 spiro atoms. The predicted molar refractivity (Wildman–Crippen MR) is 110 cm³/mol. The van der Waals surface area contributed by atoms with Crippen molar-refractivity contribution >= 4 is 29.9 Å². The second-order valence-electron chi connectivity index (χ2n) is 6.82. The van der Waals surface area contributed by atoms with Crippen molar-refractivity contribution in [3.05, 3.63) is 0 Å². The summed E-state index contributed by atoms with van der Waals surface area (Å²) in [4.78, 5) is 6.86. The SMILES string of the molecule is CCNC(=NCCCCCOC1CCCCC1)N1CC[C@@H](O)C1.I. The minimum atomic E-state index is -0.198. The number of rotatable bonds is 8. The highest BCUT2D eigenvalue weighted by atomic mass is 127. The van der Waals surface area contributed by atoms with Gasteiger partial charge in [-0.25, -0.2) is 0 Å². The average molecular weight is 453 g/mol. The molecule has 0 bridgehead atoms. The van der Waals surface area contributed by atoms with Gasteiger partial charge in [-0.2, -0.15) is 0 Å². The fraction of sp³-hybridized carbons (Fsp3) is 0.944. The maximum atomic E-state index is 9.65. The van der Waals surface area contributed by atoms with Crippen LogP contribution in [0, 0.1) is 0 Å². The number of β-amino-alcohol motifs (C(OH)–C–C–N with tert-alkyl or cyclic N) is 1. The second-order valence-corrected chi connectivity index (χ2v) is 6.82. The Morgan fingerprint density at radius 2 is 1.96 bits per heavy atom. The molecule has 2 aliphatic rings. The van der Waals surface area contributed by atoms with Crippen molar-refractivity contribution in [2.24, 2.45) is 4.99 Å². The molecule has 0 unspecified atom stereocenters. The Morgan fingerprint density at radius 1 is 1.17 bits per heavy atom. The smallest absolute Gasteiger partial charge is 0.194 e. The van der Waals surface area contributed by atoms with E-state index in [2.05, 4.69) is 17.1 Å². The molecule has 0 amide bonds. The summed E-state index contributed by atoms with van der Waals surface area (Å²) in [5.74, 6) is 0.961. The summed E-state index contributed by atoms with van der Waals surface area (Å²) in [6.07, 6.45) is 11.2. The molecule has 0 aromatic rings. The fourth-order valence-electron chi connectivity index (χ4n) is 3.42. The third kappa shape index (κ3) is 8.34. The Morgan fingerprint density at radius 3 is 2.62 bits per heavy atom. The van der Waals surface area contributed by atoms with Gasteiger partial charge in [0.1, 0.15) is 0 Å². The Balaban J connectivity index is 0.00000288. The third-order valence-electron chi connectivity index (χ3n) is 4.77. The van der Waals surface area contributed by atoms with Gasteiger partial charge in [-0.15, -0.1) is 24.0 Å². The van der Waals surface area contributed by atoms with Gasteiger partial charge in [-0.1, -0.05) is 19.3 Å². The van der Waals surface area contributed by atoms with E-state index in [1.54, 1.807) is 0 Å². The zero-order valence-corrected chi connectivity index (χ0v) is 17.5. The van der Waals surface area contributed by atoms with Gasteiger partial charge in [0.25, 0.3) is 0 Å². The van der Waals surface area contributed by atoms with Crippen LogP contribution in [0.5, 0.6) is 0 Å². The van der Waals surface area contributed by atoms with E-state index in [4.69, 9.17) is 9.73 Å². The summed E-state index contributed by atoms with van der Waals surface area (Å²) in [7, 11) is 0. The summed E-state index contributed by atoms with van der Waals surface area (Å²) >= 11 is 0. The molecular formula is C18H36IN3O2. The standard InChI is InChI=1S/C18H35N3O2.HI/c1-2-19-18(21-13-11-16(22)15-21)20-12-7-4-8-14-23-17-9-5-3-6-10-17;/h16-17,22H,2-15H2,1H3,(H,19,20);1H/t16-;/m1./s1. The maximum Gasteiger partial charge on any atom is 0.194 e. The largest absolute Gasteiger partial charge is 0.391 e. The first-order valence-electron chi connectivity index (χ1n) is 9.62. The third-order valence-corrected chi connectivity index (χ3v) is 4.77. The normalized spacial score (nSPS) is 22.5. The molecule has 6 heteroatoms. The van der Waals surface area contributed by atoms with Crippen molar-refractivity contribution in [1.82, 2.24) is 10.2 Å². The van der Waals surface area contributed by atoms with Crippen LogP contribution < -0.4 is 5.32 Å². The quantitative estimate of drug-likeness (QED) is 0.257. The number of guanidine groups is 1. The molecule has 2 rings (SSSR count). The highest BCUT2D eigenvalue weighted by molar-refractivity contribution is 14.0. The van der Waals surface area contributed by atoms with E-state index >= 15 is 0 Å². The number of ether oxygens (including phenoxy) is 1. The first-order valence-corrected chi connectivity index (χ1v) is 9.62. The number of nitrogens with one attached hydrogen (secondary N) is 1. The van der Waals surface area contributed by atoms with Crippen molar-refractivity contribution in [2.75, 3.05) is 32.8 Å². The van der Waals surface area contributed by atoms with Gasteiger partial charge in [0, 0.05) is 32.8 Å². The van der Waals surface area contributed by atoms with Gasteiger partial charge in [0.05, 0.1) is 12.2 Å². The Bertz CT molecular complexity index is 349. The van der Waals surface area contributed by atoms with Crippen LogP contribution in [-0.4, -0.2) is 61.0 Å². The number of unbranched alkanes of at least 4 members (excludes halogenated alkanes) is 2. The minimum absolute atomic E-state index is 0. The lowest BCUT2D eigenvalue weighted by Gasteiger charge is -2.22. The number of nitrogens with zero attached hydrogens (tertiary/aromatic N) is 2. The van der Waals surface area contributed by atoms with Crippen LogP contribution in [0.25, 0.3) is 0 Å². The molecule has 1 atom stereocenters. The maximum absolute atomic E-state index is 9.65. The summed E-state index contributed by atoms with van der Waals surface area (Å²) in [5, 5.41) is 13.0. The van der Waals surface area contributed by atoms with Crippen molar-refractivity contribution < 1.29 is 9.84 Å². The molecule has 0 aromatic heterocycles. The summed E-state index contributed by atoms with van der Waals surface area (Å²) < 4.78 is 5.96. The van der Waals surface area contributed by atoms with Crippen molar-refractivity contribution in [2.45, 2.75) is 76.9 Å². The summed E-state index contributed by atoms with van der Waals surface area (Å²) in [6, 6.07) is 0. The van der Waals surface area contributed by atoms with Crippen LogP contribution in [0.3, 0.4) is 0 Å². The molecule has 24 heavy (non-hydrogen) atoms.